The van der Waals surface area contributed by atoms with Crippen LogP contribution < -0.4 is 21.2 Å². The summed E-state index contributed by atoms with van der Waals surface area (Å²) in [5, 5.41) is 0.742. The van der Waals surface area contributed by atoms with Gasteiger partial charge in [-0.15, -0.1) is 0 Å². The van der Waals surface area contributed by atoms with E-state index in [9.17, 15) is 4.39 Å². The van der Waals surface area contributed by atoms with Crippen LogP contribution in [-0.2, 0) is 0 Å². The van der Waals surface area contributed by atoms with E-state index < -0.39 is 0 Å². The predicted molar refractivity (Wildman–Crippen MR) is 86.6 cm³/mol. The first-order chi connectivity index (χ1) is 10.2. The second kappa shape index (κ2) is 12.5. The Morgan fingerprint density at radius 3 is 2.19 bits per heavy atom. The number of rotatable bonds is 11. The minimum atomic E-state index is -0.358. The van der Waals surface area contributed by atoms with Gasteiger partial charge in [-0.05, 0) is 30.7 Å². The molecule has 0 atom stereocenters. The maximum atomic E-state index is 13.7. The number of hydrogen-bond acceptors (Lipinski definition) is 0. The van der Waals surface area contributed by atoms with Crippen molar-refractivity contribution in [3.05, 3.63) is 42.8 Å². The van der Waals surface area contributed by atoms with Gasteiger partial charge >= 0.3 is 21.2 Å². The molecule has 0 aliphatic heterocycles. The standard InChI is InChI=1S/C18H26ClFI/c1-2-3-4-5-6-7-8-9-10-17(20)15-21-18-13-11-16(19)12-14-18/h11-15H,2-10H2,1H3/q+1/b17-15-. The van der Waals surface area contributed by atoms with Crippen molar-refractivity contribution >= 4 is 11.6 Å². The fraction of sp³-hybridized carbons (Fsp3) is 0.556. The molecule has 0 aromatic heterocycles. The van der Waals surface area contributed by atoms with E-state index in [1.807, 2.05) is 28.3 Å². The summed E-state index contributed by atoms with van der Waals surface area (Å²) in [5.74, 6) is 0.0729. The van der Waals surface area contributed by atoms with Crippen LogP contribution in [0, 0.1) is 3.57 Å². The van der Waals surface area contributed by atoms with Crippen molar-refractivity contribution in [3.8, 4) is 0 Å². The summed E-state index contributed by atoms with van der Waals surface area (Å²) >= 11 is 5.48. The minimum Gasteiger partial charge on any atom is -0.208 e. The van der Waals surface area contributed by atoms with E-state index in [0.29, 0.717) is 6.42 Å². The van der Waals surface area contributed by atoms with E-state index in [-0.39, 0.29) is 27.0 Å². The molecule has 0 spiro atoms. The molecule has 1 aromatic rings. The summed E-state index contributed by atoms with van der Waals surface area (Å²) in [6.07, 6.45) is 10.7. The third-order valence-electron chi connectivity index (χ3n) is 3.37. The second-order valence-corrected chi connectivity index (χ2v) is 8.25. The van der Waals surface area contributed by atoms with Crippen molar-refractivity contribution in [2.75, 3.05) is 0 Å². The van der Waals surface area contributed by atoms with Gasteiger partial charge in [0.1, 0.15) is 5.83 Å². The van der Waals surface area contributed by atoms with Crippen LogP contribution in [0.4, 0.5) is 4.39 Å². The number of allylic oxidation sites excluding steroid dienone is 1. The first-order valence-electron chi connectivity index (χ1n) is 7.96. The zero-order valence-corrected chi connectivity index (χ0v) is 15.8. The van der Waals surface area contributed by atoms with E-state index in [4.69, 9.17) is 11.6 Å². The van der Waals surface area contributed by atoms with Crippen LogP contribution >= 0.6 is 11.6 Å². The Labute approximate surface area is 144 Å². The highest BCUT2D eigenvalue weighted by Gasteiger charge is 2.10. The number of unbranched alkanes of at least 4 members (excludes halogenated alkanes) is 7. The van der Waals surface area contributed by atoms with Gasteiger partial charge in [0.25, 0.3) is 0 Å². The SMILES string of the molecule is CCCCCCCCCC/C(F)=C/[I+]c1ccc(Cl)cc1. The molecule has 0 N–H and O–H groups in total. The van der Waals surface area contributed by atoms with Crippen LogP contribution in [0.3, 0.4) is 0 Å². The molecule has 118 valence electrons. The average molecular weight is 424 g/mol. The summed E-state index contributed by atoms with van der Waals surface area (Å²) in [6.45, 7) is 2.24. The molecule has 3 heteroatoms. The third kappa shape index (κ3) is 10.3. The first-order valence-corrected chi connectivity index (χ1v) is 10.7. The molecule has 0 aliphatic rings. The van der Waals surface area contributed by atoms with Crippen molar-refractivity contribution in [1.29, 1.82) is 0 Å². The van der Waals surface area contributed by atoms with Gasteiger partial charge in [0.05, 0.1) is 0 Å². The summed E-state index contributed by atoms with van der Waals surface area (Å²) in [7, 11) is 0. The lowest BCUT2D eigenvalue weighted by molar-refractivity contribution is -0.558. The van der Waals surface area contributed by atoms with Crippen molar-refractivity contribution < 1.29 is 25.6 Å². The normalized spacial score (nSPS) is 11.9. The molecule has 0 saturated carbocycles. The Kier molecular flexibility index (Phi) is 11.2. The second-order valence-electron chi connectivity index (χ2n) is 5.33. The number of halogens is 3. The van der Waals surface area contributed by atoms with E-state index >= 15 is 0 Å². The average Bonchev–Trinajstić information content (AvgIpc) is 2.49. The fourth-order valence-electron chi connectivity index (χ4n) is 2.11. The third-order valence-corrected chi connectivity index (χ3v) is 6.05. The molecule has 0 unspecified atom stereocenters. The van der Waals surface area contributed by atoms with Crippen LogP contribution in [0.5, 0.6) is 0 Å². The number of hydrogen-bond donors (Lipinski definition) is 0. The summed E-state index contributed by atoms with van der Waals surface area (Å²) < 4.78 is 16.7. The number of benzene rings is 1. The lowest BCUT2D eigenvalue weighted by Crippen LogP contribution is -3.59. The van der Waals surface area contributed by atoms with E-state index in [1.54, 1.807) is 0 Å². The first kappa shape index (κ1) is 19.0. The molecule has 1 rings (SSSR count). The van der Waals surface area contributed by atoms with Crippen LogP contribution in [0.15, 0.2) is 34.2 Å². The van der Waals surface area contributed by atoms with Gasteiger partial charge in [-0.1, -0.05) is 63.5 Å². The molecule has 0 radical (unpaired) electrons. The highest BCUT2D eigenvalue weighted by atomic mass is 127. The fourth-order valence-corrected chi connectivity index (χ4v) is 4.02. The zero-order valence-electron chi connectivity index (χ0n) is 12.9. The monoisotopic (exact) mass is 423 g/mol. The van der Waals surface area contributed by atoms with Gasteiger partial charge in [0.2, 0.25) is 0 Å². The van der Waals surface area contributed by atoms with Crippen molar-refractivity contribution in [3.63, 3.8) is 0 Å². The van der Waals surface area contributed by atoms with Gasteiger partial charge in [-0.3, -0.25) is 0 Å². The smallest absolute Gasteiger partial charge is 0.208 e. The molecule has 0 fully saturated rings. The van der Waals surface area contributed by atoms with E-state index in [0.717, 1.165) is 17.9 Å². The van der Waals surface area contributed by atoms with Crippen LogP contribution in [0.2, 0.25) is 5.02 Å². The predicted octanol–water partition coefficient (Wildman–Crippen LogP) is 3.94. The van der Waals surface area contributed by atoms with Crippen LogP contribution in [0.25, 0.3) is 0 Å². The van der Waals surface area contributed by atoms with Crippen molar-refractivity contribution in [2.24, 2.45) is 0 Å². The molecular weight excluding hydrogens is 398 g/mol. The molecule has 21 heavy (non-hydrogen) atoms. The maximum absolute atomic E-state index is 13.7. The maximum Gasteiger partial charge on any atom is 0.352 e. The Morgan fingerprint density at radius 1 is 1.00 bits per heavy atom. The molecule has 0 nitrogen and oxygen atoms in total. The zero-order chi connectivity index (χ0) is 15.3. The van der Waals surface area contributed by atoms with E-state index in [2.05, 4.69) is 6.92 Å². The van der Waals surface area contributed by atoms with Gasteiger partial charge in [-0.25, -0.2) is 4.39 Å². The Hall–Kier alpha value is -0.0900. The summed E-state index contributed by atoms with van der Waals surface area (Å²) in [6, 6.07) is 7.74. The summed E-state index contributed by atoms with van der Waals surface area (Å²) in [4.78, 5) is 0. The molecular formula is C18H26ClFI+. The van der Waals surface area contributed by atoms with Gasteiger partial charge in [0.15, 0.2) is 7.65 Å². The minimum absolute atomic E-state index is 0.0729. The highest BCUT2D eigenvalue weighted by molar-refractivity contribution is 6.30. The Balaban J connectivity index is 2.06. The molecule has 0 bridgehead atoms. The van der Waals surface area contributed by atoms with Gasteiger partial charge in [0, 0.05) is 11.4 Å². The van der Waals surface area contributed by atoms with E-state index in [1.165, 1.54) is 42.1 Å². The van der Waals surface area contributed by atoms with Crippen molar-refractivity contribution in [2.45, 2.75) is 64.7 Å². The quantitative estimate of drug-likeness (QED) is 0.373. The lowest BCUT2D eigenvalue weighted by Gasteiger charge is -2.00. The molecule has 0 saturated heterocycles. The van der Waals surface area contributed by atoms with Gasteiger partial charge in [-0.2, -0.15) is 0 Å². The Morgan fingerprint density at radius 2 is 1.57 bits per heavy atom. The largest absolute Gasteiger partial charge is 0.352 e. The van der Waals surface area contributed by atoms with Crippen LogP contribution in [-0.4, -0.2) is 0 Å². The lowest BCUT2D eigenvalue weighted by atomic mass is 10.1. The van der Waals surface area contributed by atoms with Crippen molar-refractivity contribution in [1.82, 2.24) is 0 Å². The topological polar surface area (TPSA) is 0 Å². The molecule has 1 aromatic carbocycles. The van der Waals surface area contributed by atoms with Crippen LogP contribution in [0.1, 0.15) is 64.7 Å². The van der Waals surface area contributed by atoms with Gasteiger partial charge < -0.3 is 0 Å². The summed E-state index contributed by atoms with van der Waals surface area (Å²) in [5.41, 5.74) is 0. The Bertz CT molecular complexity index is 400. The molecule has 0 heterocycles. The molecule has 0 aliphatic carbocycles. The highest BCUT2D eigenvalue weighted by Crippen LogP contribution is 2.12. The molecule has 0 amide bonds.